The molecule has 0 amide bonds. The topological polar surface area (TPSA) is 66.9 Å². The third-order valence-electron chi connectivity index (χ3n) is 1.37. The van der Waals surface area contributed by atoms with Crippen molar-refractivity contribution < 1.29 is 4.79 Å². The second-order valence-corrected chi connectivity index (χ2v) is 3.18. The van der Waals surface area contributed by atoms with Gasteiger partial charge in [-0.1, -0.05) is 0 Å². The van der Waals surface area contributed by atoms with Crippen LogP contribution in [0.1, 0.15) is 21.7 Å². The van der Waals surface area contributed by atoms with Gasteiger partial charge in [0.15, 0.2) is 5.78 Å². The molecule has 0 atom stereocenters. The smallest absolute Gasteiger partial charge is 0.174 e. The first-order valence-corrected chi connectivity index (χ1v) is 4.38. The molecule has 0 aliphatic heterocycles. The highest BCUT2D eigenvalue weighted by Crippen LogP contribution is 2.15. The Morgan fingerprint density at radius 2 is 2.50 bits per heavy atom. The van der Waals surface area contributed by atoms with Crippen LogP contribution in [0.2, 0.25) is 0 Å². The second-order valence-electron chi connectivity index (χ2n) is 2.27. The Kier molecular flexibility index (Phi) is 2.97. The quantitative estimate of drug-likeness (QED) is 0.709. The fourth-order valence-electron chi connectivity index (χ4n) is 0.795. The van der Waals surface area contributed by atoms with Gasteiger partial charge >= 0.3 is 0 Å². The molecule has 62 valence electrons. The Balaban J connectivity index is 2.76. The lowest BCUT2D eigenvalue weighted by Gasteiger charge is -1.91. The summed E-state index contributed by atoms with van der Waals surface area (Å²) in [5.41, 5.74) is 5.77. The zero-order valence-corrected chi connectivity index (χ0v) is 7.23. The van der Waals surface area contributed by atoms with E-state index in [1.54, 1.807) is 11.4 Å². The van der Waals surface area contributed by atoms with Crippen molar-refractivity contribution in [3.8, 4) is 6.07 Å². The first-order chi connectivity index (χ1) is 5.77. The summed E-state index contributed by atoms with van der Waals surface area (Å²) in [6.07, 6.45) is 0.353. The van der Waals surface area contributed by atoms with Crippen LogP contribution in [-0.2, 0) is 0 Å². The minimum Gasteiger partial charge on any atom is -0.330 e. The van der Waals surface area contributed by atoms with Gasteiger partial charge in [0.25, 0.3) is 0 Å². The molecular formula is C8H8N2OS. The fourth-order valence-corrected chi connectivity index (χ4v) is 1.60. The molecule has 1 aromatic heterocycles. The number of carbonyl (C=O) groups is 1. The molecular weight excluding hydrogens is 172 g/mol. The van der Waals surface area contributed by atoms with E-state index < -0.39 is 0 Å². The second kappa shape index (κ2) is 4.00. The summed E-state index contributed by atoms with van der Waals surface area (Å²) in [4.78, 5) is 11.8. The fraction of sp³-hybridized carbons (Fsp3) is 0.250. The van der Waals surface area contributed by atoms with Crippen LogP contribution < -0.4 is 5.73 Å². The van der Waals surface area contributed by atoms with Crippen LogP contribution in [0.4, 0.5) is 0 Å². The van der Waals surface area contributed by atoms with Crippen LogP contribution in [0.15, 0.2) is 11.4 Å². The van der Waals surface area contributed by atoms with Gasteiger partial charge in [0.05, 0.1) is 10.4 Å². The molecule has 1 heterocycles. The molecule has 1 aromatic rings. The zero-order chi connectivity index (χ0) is 8.97. The number of carbonyl (C=O) groups excluding carboxylic acids is 1. The van der Waals surface area contributed by atoms with E-state index in [-0.39, 0.29) is 5.78 Å². The lowest BCUT2D eigenvalue weighted by molar-refractivity contribution is 0.0989. The standard InChI is InChI=1S/C8H8N2OS/c9-2-1-7(11)8-3-6(4-10)5-12-8/h3,5H,1-2,9H2. The molecule has 4 heteroatoms. The molecule has 0 bridgehead atoms. The highest BCUT2D eigenvalue weighted by Gasteiger charge is 2.07. The Labute approximate surface area is 74.4 Å². The van der Waals surface area contributed by atoms with Crippen molar-refractivity contribution in [2.75, 3.05) is 6.54 Å². The number of ketones is 1. The van der Waals surface area contributed by atoms with E-state index in [1.165, 1.54) is 11.3 Å². The van der Waals surface area contributed by atoms with Crippen LogP contribution in [0.3, 0.4) is 0 Å². The highest BCUT2D eigenvalue weighted by molar-refractivity contribution is 7.12. The van der Waals surface area contributed by atoms with E-state index in [0.717, 1.165) is 0 Å². The molecule has 0 radical (unpaired) electrons. The Morgan fingerprint density at radius 3 is 3.00 bits per heavy atom. The SMILES string of the molecule is N#Cc1csc(C(=O)CCN)c1. The van der Waals surface area contributed by atoms with Crippen LogP contribution in [0.5, 0.6) is 0 Å². The van der Waals surface area contributed by atoms with Crippen molar-refractivity contribution in [3.05, 3.63) is 21.9 Å². The van der Waals surface area contributed by atoms with Crippen LogP contribution in [0, 0.1) is 11.3 Å². The van der Waals surface area contributed by atoms with Crippen molar-refractivity contribution in [2.24, 2.45) is 5.73 Å². The first kappa shape index (κ1) is 8.91. The van der Waals surface area contributed by atoms with Crippen molar-refractivity contribution in [1.29, 1.82) is 5.26 Å². The average Bonchev–Trinajstić information content (AvgIpc) is 2.52. The molecule has 2 N–H and O–H groups in total. The maximum atomic E-state index is 11.2. The largest absolute Gasteiger partial charge is 0.330 e. The molecule has 0 fully saturated rings. The summed E-state index contributed by atoms with van der Waals surface area (Å²) >= 11 is 1.29. The maximum absolute atomic E-state index is 11.2. The summed E-state index contributed by atoms with van der Waals surface area (Å²) < 4.78 is 0. The summed E-state index contributed by atoms with van der Waals surface area (Å²) in [6.45, 7) is 0.360. The summed E-state index contributed by atoms with van der Waals surface area (Å²) in [6, 6.07) is 3.57. The number of thiophene rings is 1. The van der Waals surface area contributed by atoms with Crippen molar-refractivity contribution in [1.82, 2.24) is 0 Å². The van der Waals surface area contributed by atoms with E-state index >= 15 is 0 Å². The minimum atomic E-state index is 0.0176. The molecule has 0 saturated heterocycles. The van der Waals surface area contributed by atoms with Gasteiger partial charge in [-0.15, -0.1) is 11.3 Å². The van der Waals surface area contributed by atoms with Crippen LogP contribution in [-0.4, -0.2) is 12.3 Å². The van der Waals surface area contributed by atoms with E-state index in [9.17, 15) is 4.79 Å². The highest BCUT2D eigenvalue weighted by atomic mass is 32.1. The normalized spacial score (nSPS) is 9.33. The number of Topliss-reactive ketones (excluding diaryl/α,β-unsaturated/α-hetero) is 1. The van der Waals surface area contributed by atoms with Gasteiger partial charge in [0.1, 0.15) is 6.07 Å². The van der Waals surface area contributed by atoms with Gasteiger partial charge in [-0.25, -0.2) is 0 Å². The number of nitrogens with two attached hydrogens (primary N) is 1. The molecule has 3 nitrogen and oxygen atoms in total. The van der Waals surface area contributed by atoms with E-state index in [2.05, 4.69) is 0 Å². The van der Waals surface area contributed by atoms with Gasteiger partial charge in [-0.2, -0.15) is 5.26 Å². The van der Waals surface area contributed by atoms with Crippen molar-refractivity contribution in [3.63, 3.8) is 0 Å². The molecule has 0 unspecified atom stereocenters. The van der Waals surface area contributed by atoms with Crippen LogP contribution in [0.25, 0.3) is 0 Å². The average molecular weight is 180 g/mol. The van der Waals surface area contributed by atoms with E-state index in [0.29, 0.717) is 23.4 Å². The Bertz CT molecular complexity index is 324. The summed E-state index contributed by atoms with van der Waals surface area (Å²) in [5, 5.41) is 10.2. The number of rotatable bonds is 3. The molecule has 0 spiro atoms. The monoisotopic (exact) mass is 180 g/mol. The molecule has 1 rings (SSSR count). The third-order valence-corrected chi connectivity index (χ3v) is 2.35. The van der Waals surface area contributed by atoms with E-state index in [4.69, 9.17) is 11.0 Å². The molecule has 12 heavy (non-hydrogen) atoms. The zero-order valence-electron chi connectivity index (χ0n) is 6.41. The van der Waals surface area contributed by atoms with Crippen LogP contribution >= 0.6 is 11.3 Å². The van der Waals surface area contributed by atoms with Gasteiger partial charge < -0.3 is 5.73 Å². The third kappa shape index (κ3) is 1.91. The minimum absolute atomic E-state index is 0.0176. The number of nitriles is 1. The van der Waals surface area contributed by atoms with Gasteiger partial charge in [-0.3, -0.25) is 4.79 Å². The Hall–Kier alpha value is -1.18. The lowest BCUT2D eigenvalue weighted by Crippen LogP contribution is -2.06. The predicted octanol–water partition coefficient (Wildman–Crippen LogP) is 1.15. The number of hydrogen-bond donors (Lipinski definition) is 1. The lowest BCUT2D eigenvalue weighted by atomic mass is 10.2. The maximum Gasteiger partial charge on any atom is 0.174 e. The van der Waals surface area contributed by atoms with E-state index in [1.807, 2.05) is 6.07 Å². The van der Waals surface area contributed by atoms with Gasteiger partial charge in [0.2, 0.25) is 0 Å². The number of nitrogens with zero attached hydrogens (tertiary/aromatic N) is 1. The van der Waals surface area contributed by atoms with Gasteiger partial charge in [0, 0.05) is 11.8 Å². The predicted molar refractivity (Wildman–Crippen MR) is 47.0 cm³/mol. The van der Waals surface area contributed by atoms with Crippen molar-refractivity contribution >= 4 is 17.1 Å². The summed E-state index contributed by atoms with van der Waals surface area (Å²) in [5.74, 6) is 0.0176. The molecule has 0 aliphatic rings. The first-order valence-electron chi connectivity index (χ1n) is 3.50. The summed E-state index contributed by atoms with van der Waals surface area (Å²) in [7, 11) is 0. The van der Waals surface area contributed by atoms with Crippen molar-refractivity contribution in [2.45, 2.75) is 6.42 Å². The van der Waals surface area contributed by atoms with Gasteiger partial charge in [-0.05, 0) is 12.6 Å². The molecule has 0 aromatic carbocycles. The molecule has 0 saturated carbocycles. The molecule has 0 aliphatic carbocycles. The Morgan fingerprint density at radius 1 is 1.75 bits per heavy atom. The number of hydrogen-bond acceptors (Lipinski definition) is 4.